The van der Waals surface area contributed by atoms with Crippen LogP contribution in [0.4, 0.5) is 4.79 Å². The number of amides is 1. The molecule has 0 atom stereocenters. The number of carbonyl (C=O) groups is 1. The van der Waals surface area contributed by atoms with E-state index >= 15 is 0 Å². The topological polar surface area (TPSA) is 20.3 Å². The van der Waals surface area contributed by atoms with Crippen LogP contribution in [-0.4, -0.2) is 47.6 Å². The molecule has 0 aromatic rings. The summed E-state index contributed by atoms with van der Waals surface area (Å²) >= 11 is 0. The lowest BCUT2D eigenvalue weighted by Gasteiger charge is -2.11. The van der Waals surface area contributed by atoms with Gasteiger partial charge in [-0.3, -0.25) is 4.79 Å². The fraction of sp³-hybridized carbons (Fsp3) is 0.500. The first-order valence-corrected chi connectivity index (χ1v) is 2.77. The fourth-order valence-electron chi connectivity index (χ4n) is 0.516. The van der Waals surface area contributed by atoms with Gasteiger partial charge in [0.05, 0.1) is 15.5 Å². The number of rotatable bonds is 1. The Bertz CT molecular complexity index is 82.0. The molecular weight excluding hydrogens is 97.3 g/mol. The van der Waals surface area contributed by atoms with Crippen molar-refractivity contribution < 1.29 is 4.79 Å². The molecule has 0 saturated carbocycles. The van der Waals surface area contributed by atoms with Gasteiger partial charge in [-0.2, -0.15) is 0 Å². The predicted molar refractivity (Wildman–Crippen MR) is 44.5 cm³/mol. The maximum Gasteiger partial charge on any atom is 0.219 e. The molecule has 0 aliphatic heterocycles. The lowest BCUT2D eigenvalue weighted by Crippen LogP contribution is -2.37. The van der Waals surface area contributed by atoms with Gasteiger partial charge in [-0.1, -0.05) is 0 Å². The smallest absolute Gasteiger partial charge is 0.219 e. The van der Waals surface area contributed by atoms with E-state index in [0.717, 1.165) is 0 Å². The lowest BCUT2D eigenvalue weighted by molar-refractivity contribution is 0.249. The van der Waals surface area contributed by atoms with E-state index in [4.69, 9.17) is 0 Å². The third-order valence-electron chi connectivity index (χ3n) is 0.935. The molecular formula is C2H9B4NO. The molecule has 0 fully saturated rings. The molecule has 0 spiro atoms. The molecule has 1 amide bonds. The summed E-state index contributed by atoms with van der Waals surface area (Å²) in [7, 11) is 7.31. The van der Waals surface area contributed by atoms with E-state index in [0.29, 0.717) is 0 Å². The van der Waals surface area contributed by atoms with Gasteiger partial charge in [-0.05, 0) is 7.05 Å². The minimum absolute atomic E-state index is 0.130. The normalized spacial score (nSPS) is 8.12. The van der Waals surface area contributed by atoms with Crippen LogP contribution >= 0.6 is 0 Å². The third-order valence-corrected chi connectivity index (χ3v) is 0.935. The Hall–Kier alpha value is -0.270. The van der Waals surface area contributed by atoms with Crippen LogP contribution in [0.15, 0.2) is 0 Å². The molecule has 0 aromatic carbocycles. The van der Waals surface area contributed by atoms with E-state index in [1.807, 2.05) is 15.5 Å². The lowest BCUT2D eigenvalue weighted by atomic mass is 9.18. The van der Waals surface area contributed by atoms with Crippen molar-refractivity contribution in [2.24, 2.45) is 0 Å². The summed E-state index contributed by atoms with van der Waals surface area (Å²) in [5.74, 6) is 0.185. The molecule has 0 rings (SSSR count). The fourth-order valence-corrected chi connectivity index (χ4v) is 0.516. The van der Waals surface area contributed by atoms with Gasteiger partial charge < -0.3 is 4.81 Å². The van der Waals surface area contributed by atoms with Crippen LogP contribution < -0.4 is 0 Å². The monoisotopic (exact) mass is 107 g/mol. The summed E-state index contributed by atoms with van der Waals surface area (Å²) in [6, 6.07) is 0. The van der Waals surface area contributed by atoms with Crippen molar-refractivity contribution in [3.8, 4) is 0 Å². The van der Waals surface area contributed by atoms with Crippen molar-refractivity contribution in [3.63, 3.8) is 0 Å². The highest BCUT2D eigenvalue weighted by molar-refractivity contribution is 7.42. The summed E-state index contributed by atoms with van der Waals surface area (Å²) < 4.78 is 0. The number of hydrogen-bond donors (Lipinski definition) is 0. The van der Waals surface area contributed by atoms with Crippen molar-refractivity contribution >= 4 is 35.8 Å². The zero-order chi connectivity index (χ0) is 6.73. The second-order valence-electron chi connectivity index (χ2n) is 2.39. The molecule has 40 valence electrons. The standard InChI is InChI=1S/C2H9B4NO/c1-7(5)2(8)6(3)4/h3-5H2,1H3. The quantitative estimate of drug-likeness (QED) is 0.325. The second-order valence-corrected chi connectivity index (χ2v) is 2.39. The Morgan fingerprint density at radius 1 is 1.62 bits per heavy atom. The molecule has 0 N–H and O–H groups in total. The SMILES string of the molecule is BB(B)C(=O)N(B)C. The van der Waals surface area contributed by atoms with E-state index in [2.05, 4.69) is 0 Å². The summed E-state index contributed by atoms with van der Waals surface area (Å²) in [6.45, 7) is 0.130. The van der Waals surface area contributed by atoms with E-state index in [-0.39, 0.29) is 12.3 Å². The molecule has 0 saturated heterocycles. The zero-order valence-electron chi connectivity index (χ0n) is 5.93. The Balaban J connectivity index is 3.65. The number of carbonyl (C=O) groups excluding carboxylic acids is 1. The van der Waals surface area contributed by atoms with Gasteiger partial charge in [-0.25, -0.2) is 0 Å². The van der Waals surface area contributed by atoms with Crippen LogP contribution in [0.2, 0.25) is 0 Å². The summed E-state index contributed by atoms with van der Waals surface area (Å²) in [5.41, 5.74) is 0. The first-order valence-electron chi connectivity index (χ1n) is 2.77. The largest absolute Gasteiger partial charge is 0.406 e. The van der Waals surface area contributed by atoms with Gasteiger partial charge in [0, 0.05) is 0 Å². The van der Waals surface area contributed by atoms with Gasteiger partial charge in [0.25, 0.3) is 0 Å². The Kier molecular flexibility index (Phi) is 2.80. The van der Waals surface area contributed by atoms with Crippen LogP contribution in [0.1, 0.15) is 0 Å². The van der Waals surface area contributed by atoms with Gasteiger partial charge in [0.1, 0.15) is 5.81 Å². The van der Waals surface area contributed by atoms with Gasteiger partial charge in [0.2, 0.25) is 7.98 Å². The van der Waals surface area contributed by atoms with E-state index in [1.54, 1.807) is 19.8 Å². The van der Waals surface area contributed by atoms with Crippen LogP contribution in [0, 0.1) is 0 Å². The highest BCUT2D eigenvalue weighted by Gasteiger charge is 2.10. The molecule has 0 aliphatic carbocycles. The first kappa shape index (κ1) is 7.73. The number of nitrogens with zero attached hydrogens (tertiary/aromatic N) is 1. The summed E-state index contributed by atoms with van der Waals surface area (Å²) in [5, 5.41) is 0. The molecule has 0 heterocycles. The maximum absolute atomic E-state index is 10.8. The Morgan fingerprint density at radius 3 is 2.00 bits per heavy atom. The highest BCUT2D eigenvalue weighted by Crippen LogP contribution is 1.79. The first-order chi connectivity index (χ1) is 3.55. The molecule has 0 bridgehead atoms. The molecule has 6 heteroatoms. The van der Waals surface area contributed by atoms with Crippen molar-refractivity contribution in [3.05, 3.63) is 0 Å². The van der Waals surface area contributed by atoms with E-state index in [1.165, 1.54) is 0 Å². The van der Waals surface area contributed by atoms with E-state index < -0.39 is 0 Å². The second kappa shape index (κ2) is 2.90. The van der Waals surface area contributed by atoms with Crippen molar-refractivity contribution in [2.75, 3.05) is 7.05 Å². The summed E-state index contributed by atoms with van der Waals surface area (Å²) in [4.78, 5) is 12.4. The van der Waals surface area contributed by atoms with Crippen LogP contribution in [0.25, 0.3) is 0 Å². The van der Waals surface area contributed by atoms with Crippen molar-refractivity contribution in [2.45, 2.75) is 0 Å². The van der Waals surface area contributed by atoms with E-state index in [9.17, 15) is 4.79 Å². The Morgan fingerprint density at radius 2 is 2.00 bits per heavy atom. The molecule has 2 nitrogen and oxygen atoms in total. The number of hydrogen-bond acceptors (Lipinski definition) is 1. The molecule has 0 unspecified atom stereocenters. The molecule has 0 aromatic heterocycles. The molecule has 8 heavy (non-hydrogen) atoms. The Labute approximate surface area is 53.3 Å². The predicted octanol–water partition coefficient (Wildman–Crippen LogP) is -3.08. The maximum atomic E-state index is 10.8. The van der Waals surface area contributed by atoms with Crippen LogP contribution in [0.3, 0.4) is 0 Å². The van der Waals surface area contributed by atoms with Crippen LogP contribution in [-0.2, 0) is 0 Å². The van der Waals surface area contributed by atoms with Crippen molar-refractivity contribution in [1.82, 2.24) is 4.81 Å². The summed E-state index contributed by atoms with van der Waals surface area (Å²) in [6.07, 6.45) is 0. The minimum atomic E-state index is 0.130. The average Bonchev–Trinajstić information content (AvgIpc) is 1.64. The van der Waals surface area contributed by atoms with Gasteiger partial charge in [-0.15, -0.1) is 0 Å². The third kappa shape index (κ3) is 2.15. The highest BCUT2D eigenvalue weighted by atomic mass is 16.1. The van der Waals surface area contributed by atoms with Crippen molar-refractivity contribution in [1.29, 1.82) is 0 Å². The molecule has 0 aliphatic rings. The van der Waals surface area contributed by atoms with Gasteiger partial charge in [0.15, 0.2) is 6.49 Å². The molecule has 0 radical (unpaired) electrons. The minimum Gasteiger partial charge on any atom is -0.406 e. The van der Waals surface area contributed by atoms with Gasteiger partial charge >= 0.3 is 0 Å². The zero-order valence-corrected chi connectivity index (χ0v) is 5.93. The average molecular weight is 106 g/mol. The van der Waals surface area contributed by atoms with Crippen LogP contribution in [0.5, 0.6) is 0 Å².